The van der Waals surface area contributed by atoms with E-state index in [1.165, 1.54) is 0 Å². The van der Waals surface area contributed by atoms with Crippen LogP contribution < -0.4 is 9.62 Å². The lowest BCUT2D eigenvalue weighted by molar-refractivity contribution is 0.0699. The molecule has 8 nitrogen and oxygen atoms in total. The van der Waals surface area contributed by atoms with E-state index in [4.69, 9.17) is 4.98 Å². The van der Waals surface area contributed by atoms with Crippen LogP contribution in [-0.2, 0) is 10.0 Å². The highest BCUT2D eigenvalue weighted by Crippen LogP contribution is 2.29. The van der Waals surface area contributed by atoms with Gasteiger partial charge in [0.2, 0.25) is 0 Å². The van der Waals surface area contributed by atoms with Crippen LogP contribution in [0.1, 0.15) is 34.0 Å². The third-order valence-corrected chi connectivity index (χ3v) is 7.98. The van der Waals surface area contributed by atoms with Gasteiger partial charge < -0.3 is 14.9 Å². The van der Waals surface area contributed by atoms with Gasteiger partial charge in [-0.05, 0) is 62.7 Å². The van der Waals surface area contributed by atoms with Crippen molar-refractivity contribution in [1.82, 2.24) is 9.88 Å². The summed E-state index contributed by atoms with van der Waals surface area (Å²) in [6.07, 6.45) is 0. The van der Waals surface area contributed by atoms with Gasteiger partial charge in [-0.1, -0.05) is 24.6 Å². The molecule has 2 N–H and O–H groups in total. The molecule has 0 saturated carbocycles. The number of likely N-dealkylation sites (N-methyl/N-ethyl adjacent to an activating group) is 1. The van der Waals surface area contributed by atoms with Crippen LogP contribution in [-0.4, -0.2) is 62.1 Å². The lowest BCUT2D eigenvalue weighted by atomic mass is 10.1. The van der Waals surface area contributed by atoms with Gasteiger partial charge in [0.05, 0.1) is 16.0 Å². The second-order valence-electron chi connectivity index (χ2n) is 8.82. The molecule has 2 aromatic carbocycles. The molecule has 0 bridgehead atoms. The molecule has 1 aliphatic rings. The van der Waals surface area contributed by atoms with Gasteiger partial charge in [-0.15, -0.1) is 0 Å². The number of anilines is 2. The second-order valence-corrected chi connectivity index (χ2v) is 10.4. The van der Waals surface area contributed by atoms with Crippen molar-refractivity contribution in [2.75, 3.05) is 42.3 Å². The van der Waals surface area contributed by atoms with Crippen LogP contribution in [0, 0.1) is 20.8 Å². The van der Waals surface area contributed by atoms with Crippen molar-refractivity contribution in [2.24, 2.45) is 0 Å². The number of carboxylic acids is 1. The number of piperazine rings is 1. The maximum absolute atomic E-state index is 13.2. The van der Waals surface area contributed by atoms with E-state index in [0.29, 0.717) is 33.5 Å². The molecule has 180 valence electrons. The summed E-state index contributed by atoms with van der Waals surface area (Å²) in [4.78, 5) is 21.5. The van der Waals surface area contributed by atoms with E-state index in [1.807, 2.05) is 19.1 Å². The highest BCUT2D eigenvalue weighted by Gasteiger charge is 2.23. The molecule has 3 aromatic rings. The lowest BCUT2D eigenvalue weighted by Gasteiger charge is -2.35. The summed E-state index contributed by atoms with van der Waals surface area (Å²) in [5.41, 5.74) is 3.21. The van der Waals surface area contributed by atoms with Crippen molar-refractivity contribution in [3.8, 4) is 0 Å². The first-order valence-electron chi connectivity index (χ1n) is 11.3. The van der Waals surface area contributed by atoms with Crippen LogP contribution in [0.5, 0.6) is 0 Å². The van der Waals surface area contributed by atoms with E-state index < -0.39 is 16.0 Å². The number of aryl methyl sites for hydroxylation is 3. The summed E-state index contributed by atoms with van der Waals surface area (Å²) in [6, 6.07) is 10.1. The summed E-state index contributed by atoms with van der Waals surface area (Å²) in [6.45, 7) is 11.9. The minimum Gasteiger partial charge on any atom is -0.478 e. The third kappa shape index (κ3) is 4.71. The number of carboxylic acid groups (broad SMARTS) is 1. The molecule has 0 atom stereocenters. The Balaban J connectivity index is 1.70. The molecule has 2 heterocycles. The minimum atomic E-state index is -3.86. The van der Waals surface area contributed by atoms with Crippen LogP contribution in [0.25, 0.3) is 10.9 Å². The summed E-state index contributed by atoms with van der Waals surface area (Å²) >= 11 is 0. The molecule has 1 aromatic heterocycles. The molecule has 4 rings (SSSR count). The lowest BCUT2D eigenvalue weighted by Crippen LogP contribution is -2.46. The Morgan fingerprint density at radius 3 is 2.26 bits per heavy atom. The SMILES string of the molecule is CCN1CCN(c2cc(C(=O)O)c3cc(NS(=O)(=O)c4c(C)cc(C)cc4C)ccc3n2)CC1. The van der Waals surface area contributed by atoms with Gasteiger partial charge in [0.1, 0.15) is 5.82 Å². The summed E-state index contributed by atoms with van der Waals surface area (Å²) in [5.74, 6) is -0.453. The molecule has 1 fully saturated rings. The number of aromatic nitrogens is 1. The zero-order valence-corrected chi connectivity index (χ0v) is 20.7. The van der Waals surface area contributed by atoms with Crippen LogP contribution in [0.2, 0.25) is 0 Å². The number of sulfonamides is 1. The topological polar surface area (TPSA) is 103 Å². The second kappa shape index (κ2) is 9.23. The molecule has 0 aliphatic carbocycles. The minimum absolute atomic E-state index is 0.0988. The average Bonchev–Trinajstić information content (AvgIpc) is 2.77. The molecule has 34 heavy (non-hydrogen) atoms. The fraction of sp³-hybridized carbons (Fsp3) is 0.360. The van der Waals surface area contributed by atoms with Crippen molar-refractivity contribution in [2.45, 2.75) is 32.6 Å². The number of aromatic carboxylic acids is 1. The van der Waals surface area contributed by atoms with Crippen molar-refractivity contribution in [3.63, 3.8) is 0 Å². The number of hydrogen-bond acceptors (Lipinski definition) is 6. The molecule has 0 radical (unpaired) electrons. The first-order chi connectivity index (χ1) is 16.1. The Morgan fingerprint density at radius 2 is 1.68 bits per heavy atom. The Morgan fingerprint density at radius 1 is 1.03 bits per heavy atom. The number of nitrogens with zero attached hydrogens (tertiary/aromatic N) is 3. The van der Waals surface area contributed by atoms with Gasteiger partial charge >= 0.3 is 5.97 Å². The number of fused-ring (bicyclic) bond motifs is 1. The van der Waals surface area contributed by atoms with E-state index in [-0.39, 0.29) is 10.5 Å². The first kappa shape index (κ1) is 24.0. The van der Waals surface area contributed by atoms with Crippen molar-refractivity contribution in [3.05, 3.63) is 58.7 Å². The third-order valence-electron chi connectivity index (χ3n) is 6.29. The molecule has 9 heteroatoms. The fourth-order valence-corrected chi connectivity index (χ4v) is 6.21. The molecular formula is C25H30N4O4S. The van der Waals surface area contributed by atoms with Gasteiger partial charge in [0, 0.05) is 37.3 Å². The highest BCUT2D eigenvalue weighted by molar-refractivity contribution is 7.92. The standard InChI is InChI=1S/C25H30N4O4S/c1-5-28-8-10-29(11-9-28)23-15-21(25(30)31)20-14-19(6-7-22(20)26-23)27-34(32,33)24-17(3)12-16(2)13-18(24)4/h6-7,12-15,27H,5,8-11H2,1-4H3,(H,30,31). The predicted octanol–water partition coefficient (Wildman–Crippen LogP) is 3.80. The van der Waals surface area contributed by atoms with Crippen LogP contribution in [0.3, 0.4) is 0 Å². The largest absolute Gasteiger partial charge is 0.478 e. The zero-order chi connectivity index (χ0) is 24.6. The van der Waals surface area contributed by atoms with E-state index >= 15 is 0 Å². The Kier molecular flexibility index (Phi) is 6.51. The highest BCUT2D eigenvalue weighted by atomic mass is 32.2. The Labute approximate surface area is 200 Å². The predicted molar refractivity (Wildman–Crippen MR) is 134 cm³/mol. The van der Waals surface area contributed by atoms with Gasteiger partial charge in [-0.2, -0.15) is 0 Å². The summed E-state index contributed by atoms with van der Waals surface area (Å²) in [5, 5.41) is 10.3. The molecule has 0 amide bonds. The van der Waals surface area contributed by atoms with Crippen LogP contribution >= 0.6 is 0 Å². The van der Waals surface area contributed by atoms with Crippen molar-refractivity contribution >= 4 is 38.4 Å². The van der Waals surface area contributed by atoms with Gasteiger partial charge in [-0.25, -0.2) is 18.2 Å². The maximum Gasteiger partial charge on any atom is 0.336 e. The van der Waals surface area contributed by atoms with E-state index in [9.17, 15) is 18.3 Å². The van der Waals surface area contributed by atoms with E-state index in [1.54, 1.807) is 38.1 Å². The van der Waals surface area contributed by atoms with E-state index in [0.717, 1.165) is 38.3 Å². The molecule has 0 spiro atoms. The normalized spacial score (nSPS) is 15.0. The number of benzene rings is 2. The van der Waals surface area contributed by atoms with Crippen LogP contribution in [0.4, 0.5) is 11.5 Å². The zero-order valence-electron chi connectivity index (χ0n) is 19.9. The quantitative estimate of drug-likeness (QED) is 0.551. The van der Waals surface area contributed by atoms with Gasteiger partial charge in [0.15, 0.2) is 0 Å². The number of rotatable bonds is 6. The Bertz CT molecular complexity index is 1340. The maximum atomic E-state index is 13.2. The number of pyridine rings is 1. The van der Waals surface area contributed by atoms with Crippen molar-refractivity contribution in [1.29, 1.82) is 0 Å². The molecule has 1 saturated heterocycles. The summed E-state index contributed by atoms with van der Waals surface area (Å²) < 4.78 is 29.0. The number of hydrogen-bond donors (Lipinski definition) is 2. The Hall–Kier alpha value is -3.17. The average molecular weight is 483 g/mol. The van der Waals surface area contributed by atoms with Crippen LogP contribution in [0.15, 0.2) is 41.3 Å². The molecular weight excluding hydrogens is 452 g/mol. The fourth-order valence-electron chi connectivity index (χ4n) is 4.70. The molecule has 1 aliphatic heterocycles. The summed E-state index contributed by atoms with van der Waals surface area (Å²) in [7, 11) is -3.86. The smallest absolute Gasteiger partial charge is 0.336 e. The van der Waals surface area contributed by atoms with E-state index in [2.05, 4.69) is 21.4 Å². The molecule has 0 unspecified atom stereocenters. The first-order valence-corrected chi connectivity index (χ1v) is 12.8. The monoisotopic (exact) mass is 482 g/mol. The van der Waals surface area contributed by atoms with Gasteiger partial charge in [0.25, 0.3) is 10.0 Å². The number of carbonyl (C=O) groups is 1. The van der Waals surface area contributed by atoms with Gasteiger partial charge in [-0.3, -0.25) is 4.72 Å². The van der Waals surface area contributed by atoms with Crippen molar-refractivity contribution < 1.29 is 18.3 Å². The number of nitrogens with one attached hydrogen (secondary N) is 1.